The maximum atomic E-state index is 11.9. The van der Waals surface area contributed by atoms with Crippen molar-refractivity contribution in [2.24, 2.45) is 11.8 Å². The lowest BCUT2D eigenvalue weighted by molar-refractivity contribution is -0.143. The molecule has 0 bridgehead atoms. The molecule has 0 saturated heterocycles. The zero-order chi connectivity index (χ0) is 25.1. The molecule has 0 saturated carbocycles. The summed E-state index contributed by atoms with van der Waals surface area (Å²) in [5.41, 5.74) is 0. The topological polar surface area (TPSA) is 26.3 Å². The van der Waals surface area contributed by atoms with Gasteiger partial charge in [-0.3, -0.25) is 4.79 Å². The summed E-state index contributed by atoms with van der Waals surface area (Å²) in [4.78, 5) is 11.9. The standard InChI is InChI=1S/C32H64O2/c1-30(2)26-22-18-14-10-7-5-6-8-12-16-20-24-28-32(33)34-29-25-21-17-13-9-11-15-19-23-27-31(3)4/h30-31H,5-29H2,1-4H3. The Bertz CT molecular complexity index is 402. The van der Waals surface area contributed by atoms with Crippen LogP contribution in [0.15, 0.2) is 0 Å². The number of esters is 1. The van der Waals surface area contributed by atoms with Gasteiger partial charge in [-0.2, -0.15) is 0 Å². The third-order valence-corrected chi connectivity index (χ3v) is 7.10. The van der Waals surface area contributed by atoms with Crippen molar-refractivity contribution < 1.29 is 9.53 Å². The van der Waals surface area contributed by atoms with Crippen LogP contribution >= 0.6 is 0 Å². The van der Waals surface area contributed by atoms with E-state index in [0.29, 0.717) is 13.0 Å². The Morgan fingerprint density at radius 1 is 0.441 bits per heavy atom. The molecule has 0 atom stereocenters. The average Bonchev–Trinajstić information content (AvgIpc) is 2.79. The quantitative estimate of drug-likeness (QED) is 0.0862. The third-order valence-electron chi connectivity index (χ3n) is 7.10. The fraction of sp³-hybridized carbons (Fsp3) is 0.969. The van der Waals surface area contributed by atoms with Crippen LogP contribution in [0.25, 0.3) is 0 Å². The van der Waals surface area contributed by atoms with Gasteiger partial charge in [-0.15, -0.1) is 0 Å². The number of unbranched alkanes of at least 4 members (excludes halogenated alkanes) is 19. The second-order valence-electron chi connectivity index (χ2n) is 11.8. The average molecular weight is 481 g/mol. The van der Waals surface area contributed by atoms with E-state index in [1.54, 1.807) is 0 Å². The van der Waals surface area contributed by atoms with Crippen LogP contribution in [0.3, 0.4) is 0 Å². The highest BCUT2D eigenvalue weighted by Crippen LogP contribution is 2.15. The number of hydrogen-bond acceptors (Lipinski definition) is 2. The number of hydrogen-bond donors (Lipinski definition) is 0. The van der Waals surface area contributed by atoms with Crippen molar-refractivity contribution >= 4 is 5.97 Å². The Morgan fingerprint density at radius 3 is 1.09 bits per heavy atom. The lowest BCUT2D eigenvalue weighted by Gasteiger charge is -2.06. The van der Waals surface area contributed by atoms with Crippen LogP contribution in [0.1, 0.15) is 182 Å². The smallest absolute Gasteiger partial charge is 0.305 e. The highest BCUT2D eigenvalue weighted by molar-refractivity contribution is 5.69. The van der Waals surface area contributed by atoms with Crippen LogP contribution in [-0.2, 0) is 9.53 Å². The molecule has 204 valence electrons. The molecule has 0 spiro atoms. The molecule has 0 aromatic heterocycles. The molecule has 0 rings (SSSR count). The number of ether oxygens (including phenoxy) is 1. The van der Waals surface area contributed by atoms with Gasteiger partial charge in [0.15, 0.2) is 0 Å². The Labute approximate surface area is 215 Å². The first-order chi connectivity index (χ1) is 16.5. The van der Waals surface area contributed by atoms with Gasteiger partial charge in [0.2, 0.25) is 0 Å². The van der Waals surface area contributed by atoms with Crippen molar-refractivity contribution in [2.75, 3.05) is 6.61 Å². The normalized spacial score (nSPS) is 11.6. The van der Waals surface area contributed by atoms with Gasteiger partial charge in [0.25, 0.3) is 0 Å². The molecule has 0 unspecified atom stereocenters. The number of carbonyl (C=O) groups is 1. The molecule has 0 aliphatic carbocycles. The molecule has 0 amide bonds. The van der Waals surface area contributed by atoms with Crippen LogP contribution in [0.4, 0.5) is 0 Å². The van der Waals surface area contributed by atoms with Gasteiger partial charge in [-0.05, 0) is 24.7 Å². The molecule has 2 nitrogen and oxygen atoms in total. The molecule has 0 aromatic rings. The molecule has 2 heteroatoms. The Hall–Kier alpha value is -0.530. The summed E-state index contributed by atoms with van der Waals surface area (Å²) in [7, 11) is 0. The molecule has 0 N–H and O–H groups in total. The highest BCUT2D eigenvalue weighted by atomic mass is 16.5. The monoisotopic (exact) mass is 480 g/mol. The van der Waals surface area contributed by atoms with Crippen molar-refractivity contribution in [1.29, 1.82) is 0 Å². The zero-order valence-electron chi connectivity index (χ0n) is 24.1. The van der Waals surface area contributed by atoms with E-state index in [9.17, 15) is 4.79 Å². The van der Waals surface area contributed by atoms with Crippen molar-refractivity contribution in [3.8, 4) is 0 Å². The zero-order valence-corrected chi connectivity index (χ0v) is 24.1. The summed E-state index contributed by atoms with van der Waals surface area (Å²) in [6.45, 7) is 9.92. The van der Waals surface area contributed by atoms with Crippen LogP contribution in [0, 0.1) is 11.8 Å². The molecule has 0 aromatic carbocycles. The third kappa shape index (κ3) is 29.5. The van der Waals surface area contributed by atoms with E-state index in [0.717, 1.165) is 24.7 Å². The Kier molecular flexibility index (Phi) is 26.6. The fourth-order valence-electron chi connectivity index (χ4n) is 4.74. The number of carbonyl (C=O) groups excluding carboxylic acids is 1. The summed E-state index contributed by atoms with van der Waals surface area (Å²) in [5, 5.41) is 0. The van der Waals surface area contributed by atoms with Crippen molar-refractivity contribution in [3.63, 3.8) is 0 Å². The van der Waals surface area contributed by atoms with E-state index in [1.165, 1.54) is 135 Å². The van der Waals surface area contributed by atoms with Gasteiger partial charge in [0.1, 0.15) is 0 Å². The van der Waals surface area contributed by atoms with E-state index < -0.39 is 0 Å². The first-order valence-corrected chi connectivity index (χ1v) is 15.7. The SMILES string of the molecule is CC(C)CCCCCCCCCCCCCCC(=O)OCCCCCCCCCCCC(C)C. The largest absolute Gasteiger partial charge is 0.466 e. The predicted molar refractivity (Wildman–Crippen MR) is 151 cm³/mol. The number of rotatable bonds is 27. The van der Waals surface area contributed by atoms with E-state index in [4.69, 9.17) is 4.74 Å². The van der Waals surface area contributed by atoms with Crippen LogP contribution in [-0.4, -0.2) is 12.6 Å². The molecule has 0 aliphatic rings. The van der Waals surface area contributed by atoms with Crippen LogP contribution < -0.4 is 0 Å². The van der Waals surface area contributed by atoms with Crippen LogP contribution in [0.2, 0.25) is 0 Å². The van der Waals surface area contributed by atoms with Gasteiger partial charge in [-0.1, -0.05) is 163 Å². The first-order valence-electron chi connectivity index (χ1n) is 15.7. The highest BCUT2D eigenvalue weighted by Gasteiger charge is 2.03. The van der Waals surface area contributed by atoms with Gasteiger partial charge < -0.3 is 4.74 Å². The van der Waals surface area contributed by atoms with Gasteiger partial charge in [0, 0.05) is 6.42 Å². The summed E-state index contributed by atoms with van der Waals surface area (Å²) in [6.07, 6.45) is 31.4. The Morgan fingerprint density at radius 2 is 0.735 bits per heavy atom. The molecule has 0 aliphatic heterocycles. The summed E-state index contributed by atoms with van der Waals surface area (Å²) >= 11 is 0. The van der Waals surface area contributed by atoms with Crippen molar-refractivity contribution in [2.45, 2.75) is 182 Å². The second-order valence-corrected chi connectivity index (χ2v) is 11.8. The minimum absolute atomic E-state index is 0.0230. The Balaban J connectivity index is 3.16. The molecule has 0 fully saturated rings. The van der Waals surface area contributed by atoms with Gasteiger partial charge >= 0.3 is 5.97 Å². The van der Waals surface area contributed by atoms with E-state index in [2.05, 4.69) is 27.7 Å². The molecule has 34 heavy (non-hydrogen) atoms. The summed E-state index contributed by atoms with van der Waals surface area (Å²) in [6, 6.07) is 0. The van der Waals surface area contributed by atoms with E-state index in [-0.39, 0.29) is 5.97 Å². The fourth-order valence-corrected chi connectivity index (χ4v) is 4.74. The van der Waals surface area contributed by atoms with E-state index >= 15 is 0 Å². The van der Waals surface area contributed by atoms with Gasteiger partial charge in [-0.25, -0.2) is 0 Å². The summed E-state index contributed by atoms with van der Waals surface area (Å²) < 4.78 is 5.41. The molecular weight excluding hydrogens is 416 g/mol. The van der Waals surface area contributed by atoms with Crippen LogP contribution in [0.5, 0.6) is 0 Å². The lowest BCUT2D eigenvalue weighted by atomic mass is 10.0. The molecular formula is C32H64O2. The van der Waals surface area contributed by atoms with E-state index in [1.807, 2.05) is 0 Å². The molecule has 0 radical (unpaired) electrons. The second kappa shape index (κ2) is 27.1. The molecule has 0 heterocycles. The predicted octanol–water partition coefficient (Wildman–Crippen LogP) is 11.2. The minimum atomic E-state index is 0.0230. The van der Waals surface area contributed by atoms with Crippen molar-refractivity contribution in [1.82, 2.24) is 0 Å². The first kappa shape index (κ1) is 33.5. The lowest BCUT2D eigenvalue weighted by Crippen LogP contribution is -2.05. The van der Waals surface area contributed by atoms with Gasteiger partial charge in [0.05, 0.1) is 6.61 Å². The van der Waals surface area contributed by atoms with Crippen molar-refractivity contribution in [3.05, 3.63) is 0 Å². The minimum Gasteiger partial charge on any atom is -0.466 e. The summed E-state index contributed by atoms with van der Waals surface area (Å²) in [5.74, 6) is 1.75. The maximum absolute atomic E-state index is 11.9. The maximum Gasteiger partial charge on any atom is 0.305 e.